The molecule has 0 spiro atoms. The molecule has 1 aliphatic heterocycles. The fraction of sp³-hybridized carbons (Fsp3) is 0.312. The van der Waals surface area contributed by atoms with Gasteiger partial charge in [-0.2, -0.15) is 10.4 Å². The Morgan fingerprint density at radius 2 is 1.91 bits per heavy atom. The molecule has 1 saturated carbocycles. The van der Waals surface area contributed by atoms with E-state index in [-0.39, 0.29) is 36.4 Å². The Hall–Kier alpha value is -4.14. The van der Waals surface area contributed by atoms with Crippen molar-refractivity contribution in [3.8, 4) is 6.07 Å². The zero-order valence-electron chi connectivity index (χ0n) is 23.6. The normalized spacial score (nSPS) is 20.0. The highest BCUT2D eigenvalue weighted by Crippen LogP contribution is 2.52. The van der Waals surface area contributed by atoms with Crippen LogP contribution in [0.5, 0.6) is 0 Å². The van der Waals surface area contributed by atoms with Crippen molar-refractivity contribution in [2.75, 3.05) is 13.2 Å². The number of ether oxygens (including phenoxy) is 1. The van der Waals surface area contributed by atoms with Gasteiger partial charge in [-0.1, -0.05) is 23.7 Å². The van der Waals surface area contributed by atoms with Crippen LogP contribution in [0.15, 0.2) is 67.1 Å². The number of aryl methyl sites for hydroxylation is 1. The molecule has 3 heterocycles. The number of aromatic nitrogens is 3. The van der Waals surface area contributed by atoms with Crippen LogP contribution in [-0.2, 0) is 29.7 Å². The summed E-state index contributed by atoms with van der Waals surface area (Å²) in [5, 5.41) is 35.4. The first-order chi connectivity index (χ1) is 20.5. The monoisotopic (exact) mass is 601 g/mol. The Labute approximate surface area is 252 Å². The van der Waals surface area contributed by atoms with Crippen molar-refractivity contribution >= 4 is 17.5 Å². The van der Waals surface area contributed by atoms with Crippen LogP contribution in [-0.4, -0.2) is 49.0 Å². The molecule has 2 aromatic heterocycles. The Balaban J connectivity index is 1.56. The van der Waals surface area contributed by atoms with Gasteiger partial charge < -0.3 is 14.9 Å². The Morgan fingerprint density at radius 3 is 2.49 bits per heavy atom. The highest BCUT2D eigenvalue weighted by molar-refractivity contribution is 6.30. The van der Waals surface area contributed by atoms with Crippen LogP contribution in [0.2, 0.25) is 5.02 Å². The van der Waals surface area contributed by atoms with E-state index in [0.717, 1.165) is 12.8 Å². The van der Waals surface area contributed by atoms with Crippen molar-refractivity contribution in [2.24, 2.45) is 12.5 Å². The summed E-state index contributed by atoms with van der Waals surface area (Å²) in [6.45, 7) is 1.38. The highest BCUT2D eigenvalue weighted by atomic mass is 35.5. The number of aliphatic hydroxyl groups excluding tert-OH is 1. The van der Waals surface area contributed by atoms with E-state index < -0.39 is 28.5 Å². The zero-order valence-corrected chi connectivity index (χ0v) is 24.3. The van der Waals surface area contributed by atoms with Gasteiger partial charge >= 0.3 is 0 Å². The number of hydrogen-bond donors (Lipinski definition) is 2. The molecule has 220 valence electrons. The molecule has 2 aromatic carbocycles. The van der Waals surface area contributed by atoms with Crippen LogP contribution in [0, 0.1) is 22.6 Å². The smallest absolute Gasteiger partial charge is 0.257 e. The predicted octanol–water partition coefficient (Wildman–Crippen LogP) is 4.38. The number of hydrogen-bond acceptors (Lipinski definition) is 7. The van der Waals surface area contributed by atoms with Gasteiger partial charge in [0, 0.05) is 41.0 Å². The number of carbonyl (C=O) groups is 1. The van der Waals surface area contributed by atoms with Gasteiger partial charge in [0.25, 0.3) is 5.91 Å². The number of amides is 1. The highest BCUT2D eigenvalue weighted by Gasteiger charge is 2.56. The molecular formula is C32H29ClFN5O4. The molecule has 0 saturated heterocycles. The topological polar surface area (TPSA) is 125 Å². The minimum absolute atomic E-state index is 0.00653. The Morgan fingerprint density at radius 1 is 1.16 bits per heavy atom. The van der Waals surface area contributed by atoms with Crippen LogP contribution in [0.4, 0.5) is 4.39 Å². The number of nitrogens with zero attached hydrogens (tertiary/aromatic N) is 5. The number of rotatable bonds is 9. The molecule has 2 N–H and O–H groups in total. The van der Waals surface area contributed by atoms with E-state index in [1.807, 2.05) is 6.07 Å². The van der Waals surface area contributed by atoms with Crippen molar-refractivity contribution in [1.82, 2.24) is 19.7 Å². The van der Waals surface area contributed by atoms with E-state index in [4.69, 9.17) is 16.3 Å². The van der Waals surface area contributed by atoms with Crippen molar-refractivity contribution in [3.63, 3.8) is 0 Å². The molecule has 1 amide bonds. The van der Waals surface area contributed by atoms with Crippen molar-refractivity contribution in [1.29, 1.82) is 5.26 Å². The molecule has 1 fully saturated rings. The summed E-state index contributed by atoms with van der Waals surface area (Å²) < 4.78 is 24.8. The summed E-state index contributed by atoms with van der Waals surface area (Å²) in [5.74, 6) is -1.28. The van der Waals surface area contributed by atoms with Gasteiger partial charge in [-0.3, -0.25) is 19.4 Å². The van der Waals surface area contributed by atoms with Crippen LogP contribution >= 0.6 is 11.6 Å². The molecule has 11 heteroatoms. The number of carbonyl (C=O) groups excluding carboxylic acids is 1. The second-order valence-electron chi connectivity index (χ2n) is 11.5. The van der Waals surface area contributed by atoms with Gasteiger partial charge in [0.05, 0.1) is 48.3 Å². The van der Waals surface area contributed by atoms with Gasteiger partial charge in [0.2, 0.25) is 0 Å². The van der Waals surface area contributed by atoms with E-state index in [9.17, 15) is 20.3 Å². The van der Waals surface area contributed by atoms with Crippen LogP contribution < -0.4 is 0 Å². The number of pyridine rings is 1. The summed E-state index contributed by atoms with van der Waals surface area (Å²) in [6.07, 6.45) is 5.98. The van der Waals surface area contributed by atoms with Crippen LogP contribution in [0.3, 0.4) is 0 Å². The number of benzene rings is 2. The van der Waals surface area contributed by atoms with Gasteiger partial charge in [0.15, 0.2) is 5.72 Å². The standard InChI is InChI=1S/C32H29ClFN5O4/c1-30(42,23-15-37-38(2)16-23)22-11-26-28(27(34)12-22)32(21-4-6-24(33)7-5-21,43-19-31(18-40)9-10-31)39(29(26)41)17-25-8-3-20(13-35)14-36-25/h3-8,11-12,14-16,40,42H,9-10,17-19H2,1-2H3/t30?,32-/m1/s1. The van der Waals surface area contributed by atoms with E-state index in [0.29, 0.717) is 27.4 Å². The lowest BCUT2D eigenvalue weighted by Gasteiger charge is -2.40. The summed E-state index contributed by atoms with van der Waals surface area (Å²) in [5.41, 5.74) is -2.03. The molecule has 9 nitrogen and oxygen atoms in total. The SMILES string of the molecule is Cn1cc(C(C)(O)c2cc(F)c3c(c2)C(=O)N(Cc2ccc(C#N)cn2)[C@@]3(OCC2(CO)CC2)c2ccc(Cl)cc2)cn1. The lowest BCUT2D eigenvalue weighted by Crippen LogP contribution is -2.48. The molecule has 1 unspecified atom stereocenters. The summed E-state index contributed by atoms with van der Waals surface area (Å²) in [6, 6.07) is 14.6. The first kappa shape index (κ1) is 29.0. The Bertz CT molecular complexity index is 1750. The maximum atomic E-state index is 16.6. The Kier molecular flexibility index (Phi) is 7.10. The van der Waals surface area contributed by atoms with Gasteiger partial charge in [-0.05, 0) is 61.7 Å². The molecular weight excluding hydrogens is 573 g/mol. The molecule has 1 aliphatic carbocycles. The van der Waals surface area contributed by atoms with E-state index in [2.05, 4.69) is 10.1 Å². The molecule has 2 atom stereocenters. The third-order valence-corrected chi connectivity index (χ3v) is 8.76. The zero-order chi connectivity index (χ0) is 30.6. The van der Waals surface area contributed by atoms with Crippen molar-refractivity contribution < 1.29 is 24.1 Å². The average Bonchev–Trinajstić information content (AvgIpc) is 3.59. The minimum Gasteiger partial charge on any atom is -0.396 e. The van der Waals surface area contributed by atoms with Crippen LogP contribution in [0.1, 0.15) is 63.6 Å². The molecule has 6 rings (SSSR count). The molecule has 2 aliphatic rings. The number of aliphatic hydroxyl groups is 2. The molecule has 4 aromatic rings. The molecule has 0 radical (unpaired) electrons. The largest absolute Gasteiger partial charge is 0.396 e. The number of fused-ring (bicyclic) bond motifs is 1. The second-order valence-corrected chi connectivity index (χ2v) is 11.9. The maximum absolute atomic E-state index is 16.6. The van der Waals surface area contributed by atoms with Gasteiger partial charge in [0.1, 0.15) is 17.5 Å². The first-order valence-electron chi connectivity index (χ1n) is 13.8. The minimum atomic E-state index is -1.75. The third kappa shape index (κ3) is 4.88. The second kappa shape index (κ2) is 10.5. The summed E-state index contributed by atoms with van der Waals surface area (Å²) in [4.78, 5) is 20.2. The average molecular weight is 602 g/mol. The van der Waals surface area contributed by atoms with Gasteiger partial charge in [-0.25, -0.2) is 4.39 Å². The fourth-order valence-corrected chi connectivity index (χ4v) is 5.71. The maximum Gasteiger partial charge on any atom is 0.257 e. The van der Waals surface area contributed by atoms with Crippen molar-refractivity contribution in [3.05, 3.63) is 117 Å². The number of nitriles is 1. The predicted molar refractivity (Wildman–Crippen MR) is 154 cm³/mol. The summed E-state index contributed by atoms with van der Waals surface area (Å²) in [7, 11) is 1.71. The van der Waals surface area contributed by atoms with E-state index in [1.54, 1.807) is 49.6 Å². The molecule has 0 bridgehead atoms. The first-order valence-corrected chi connectivity index (χ1v) is 14.1. The number of halogens is 2. The fourth-order valence-electron chi connectivity index (χ4n) is 5.58. The quantitative estimate of drug-likeness (QED) is 0.292. The summed E-state index contributed by atoms with van der Waals surface area (Å²) >= 11 is 6.23. The van der Waals surface area contributed by atoms with E-state index >= 15 is 4.39 Å². The third-order valence-electron chi connectivity index (χ3n) is 8.50. The van der Waals surface area contributed by atoms with Crippen molar-refractivity contribution in [2.45, 2.75) is 37.6 Å². The lowest BCUT2D eigenvalue weighted by atomic mass is 9.85. The van der Waals surface area contributed by atoms with Crippen LogP contribution in [0.25, 0.3) is 0 Å². The lowest BCUT2D eigenvalue weighted by molar-refractivity contribution is -0.130. The molecule has 43 heavy (non-hydrogen) atoms. The van der Waals surface area contributed by atoms with E-state index in [1.165, 1.54) is 41.0 Å². The van der Waals surface area contributed by atoms with Gasteiger partial charge in [-0.15, -0.1) is 0 Å².